The number of halogens is 2. The maximum absolute atomic E-state index is 11.7. The fourth-order valence-corrected chi connectivity index (χ4v) is 1.72. The molecule has 1 saturated carbocycles. The van der Waals surface area contributed by atoms with Gasteiger partial charge < -0.3 is 15.4 Å². The Morgan fingerprint density at radius 1 is 1.38 bits per heavy atom. The van der Waals surface area contributed by atoms with Crippen LogP contribution in [0.15, 0.2) is 0 Å². The zero-order chi connectivity index (χ0) is 11.8. The van der Waals surface area contributed by atoms with Gasteiger partial charge in [-0.05, 0) is 12.8 Å². The van der Waals surface area contributed by atoms with Crippen molar-refractivity contribution < 1.29 is 18.3 Å². The SMILES string of the molecule is O=C(NCCOCC(F)F)NC1CCCC1. The molecule has 1 fully saturated rings. The first-order valence-corrected chi connectivity index (χ1v) is 5.58. The number of hydrogen-bond donors (Lipinski definition) is 2. The second-order valence-corrected chi connectivity index (χ2v) is 3.85. The molecule has 1 aliphatic rings. The molecule has 0 heterocycles. The van der Waals surface area contributed by atoms with E-state index in [9.17, 15) is 13.6 Å². The Morgan fingerprint density at radius 2 is 2.06 bits per heavy atom. The van der Waals surface area contributed by atoms with Gasteiger partial charge in [-0.3, -0.25) is 0 Å². The van der Waals surface area contributed by atoms with Gasteiger partial charge in [-0.25, -0.2) is 13.6 Å². The summed E-state index contributed by atoms with van der Waals surface area (Å²) in [7, 11) is 0. The minimum Gasteiger partial charge on any atom is -0.374 e. The van der Waals surface area contributed by atoms with Gasteiger partial charge in [-0.1, -0.05) is 12.8 Å². The summed E-state index contributed by atoms with van der Waals surface area (Å²) >= 11 is 0. The van der Waals surface area contributed by atoms with Gasteiger partial charge in [0.25, 0.3) is 6.43 Å². The summed E-state index contributed by atoms with van der Waals surface area (Å²) in [5.74, 6) is 0. The van der Waals surface area contributed by atoms with E-state index in [2.05, 4.69) is 15.4 Å². The van der Waals surface area contributed by atoms with Gasteiger partial charge >= 0.3 is 6.03 Å². The molecule has 6 heteroatoms. The van der Waals surface area contributed by atoms with Crippen molar-refractivity contribution in [2.45, 2.75) is 38.2 Å². The lowest BCUT2D eigenvalue weighted by molar-refractivity contribution is 0.0193. The molecular formula is C10H18F2N2O2. The molecule has 0 bridgehead atoms. The Balaban J connectivity index is 1.93. The minimum atomic E-state index is -2.45. The van der Waals surface area contributed by atoms with Crippen LogP contribution in [0.2, 0.25) is 0 Å². The van der Waals surface area contributed by atoms with Crippen LogP contribution in [0.5, 0.6) is 0 Å². The second-order valence-electron chi connectivity index (χ2n) is 3.85. The smallest absolute Gasteiger partial charge is 0.315 e. The molecule has 2 amide bonds. The van der Waals surface area contributed by atoms with Gasteiger partial charge in [0.2, 0.25) is 0 Å². The average molecular weight is 236 g/mol. The van der Waals surface area contributed by atoms with Crippen molar-refractivity contribution in [3.63, 3.8) is 0 Å². The standard InChI is InChI=1S/C10H18F2N2O2/c11-9(12)7-16-6-5-13-10(15)14-8-3-1-2-4-8/h8-9H,1-7H2,(H2,13,14,15). The molecule has 2 N–H and O–H groups in total. The normalized spacial score (nSPS) is 16.7. The molecule has 0 saturated heterocycles. The van der Waals surface area contributed by atoms with E-state index in [1.807, 2.05) is 0 Å². The van der Waals surface area contributed by atoms with Crippen molar-refractivity contribution in [3.05, 3.63) is 0 Å². The van der Waals surface area contributed by atoms with Crippen LogP contribution in [0, 0.1) is 0 Å². The predicted molar refractivity (Wildman–Crippen MR) is 55.6 cm³/mol. The monoisotopic (exact) mass is 236 g/mol. The number of ether oxygens (including phenoxy) is 1. The fourth-order valence-electron chi connectivity index (χ4n) is 1.72. The third-order valence-electron chi connectivity index (χ3n) is 2.47. The lowest BCUT2D eigenvalue weighted by Crippen LogP contribution is -2.42. The zero-order valence-electron chi connectivity index (χ0n) is 9.18. The Bertz CT molecular complexity index is 209. The topological polar surface area (TPSA) is 50.4 Å². The predicted octanol–water partition coefficient (Wildman–Crippen LogP) is 1.51. The Labute approximate surface area is 93.7 Å². The maximum Gasteiger partial charge on any atom is 0.315 e. The quantitative estimate of drug-likeness (QED) is 0.687. The van der Waals surface area contributed by atoms with Crippen LogP contribution in [0.3, 0.4) is 0 Å². The highest BCUT2D eigenvalue weighted by Crippen LogP contribution is 2.17. The van der Waals surface area contributed by atoms with Crippen molar-refractivity contribution in [3.8, 4) is 0 Å². The molecule has 0 aromatic heterocycles. The Morgan fingerprint density at radius 3 is 2.69 bits per heavy atom. The van der Waals surface area contributed by atoms with Crippen LogP contribution in [0.4, 0.5) is 13.6 Å². The Kier molecular flexibility index (Phi) is 6.07. The van der Waals surface area contributed by atoms with Crippen molar-refractivity contribution in [1.82, 2.24) is 10.6 Å². The first-order chi connectivity index (χ1) is 7.68. The number of rotatable bonds is 6. The third-order valence-corrected chi connectivity index (χ3v) is 2.47. The molecular weight excluding hydrogens is 218 g/mol. The minimum absolute atomic E-state index is 0.114. The highest BCUT2D eigenvalue weighted by atomic mass is 19.3. The fraction of sp³-hybridized carbons (Fsp3) is 0.900. The molecule has 0 spiro atoms. The van der Waals surface area contributed by atoms with E-state index < -0.39 is 13.0 Å². The van der Waals surface area contributed by atoms with Gasteiger partial charge in [-0.15, -0.1) is 0 Å². The van der Waals surface area contributed by atoms with Crippen LogP contribution < -0.4 is 10.6 Å². The highest BCUT2D eigenvalue weighted by Gasteiger charge is 2.16. The first-order valence-electron chi connectivity index (χ1n) is 5.58. The number of amides is 2. The molecule has 0 atom stereocenters. The first kappa shape index (κ1) is 13.2. The van der Waals surface area contributed by atoms with Gasteiger partial charge in [-0.2, -0.15) is 0 Å². The van der Waals surface area contributed by atoms with Gasteiger partial charge in [0.1, 0.15) is 6.61 Å². The van der Waals surface area contributed by atoms with Crippen molar-refractivity contribution in [1.29, 1.82) is 0 Å². The summed E-state index contributed by atoms with van der Waals surface area (Å²) in [6, 6.07) is 0.0227. The molecule has 0 aliphatic heterocycles. The van der Waals surface area contributed by atoms with Gasteiger partial charge in [0.15, 0.2) is 0 Å². The molecule has 0 aromatic carbocycles. The highest BCUT2D eigenvalue weighted by molar-refractivity contribution is 5.74. The number of nitrogens with one attached hydrogen (secondary N) is 2. The largest absolute Gasteiger partial charge is 0.374 e. The summed E-state index contributed by atoms with van der Waals surface area (Å²) in [5, 5.41) is 5.39. The van der Waals surface area contributed by atoms with Crippen LogP contribution in [0.25, 0.3) is 0 Å². The number of carbonyl (C=O) groups is 1. The molecule has 1 aliphatic carbocycles. The van der Waals surface area contributed by atoms with E-state index in [4.69, 9.17) is 0 Å². The van der Waals surface area contributed by atoms with Crippen molar-refractivity contribution in [2.24, 2.45) is 0 Å². The summed E-state index contributed by atoms with van der Waals surface area (Å²) < 4.78 is 28.0. The van der Waals surface area contributed by atoms with Crippen molar-refractivity contribution >= 4 is 6.03 Å². The molecule has 0 unspecified atom stereocenters. The van der Waals surface area contributed by atoms with E-state index in [1.54, 1.807) is 0 Å². The molecule has 4 nitrogen and oxygen atoms in total. The molecule has 0 radical (unpaired) electrons. The molecule has 94 valence electrons. The van der Waals surface area contributed by atoms with Crippen LogP contribution in [0.1, 0.15) is 25.7 Å². The summed E-state index contributed by atoms with van der Waals surface area (Å²) in [4.78, 5) is 11.3. The van der Waals surface area contributed by atoms with Crippen molar-refractivity contribution in [2.75, 3.05) is 19.8 Å². The van der Waals surface area contributed by atoms with E-state index in [1.165, 1.54) is 0 Å². The van der Waals surface area contributed by atoms with E-state index in [0.29, 0.717) is 0 Å². The third kappa shape index (κ3) is 5.85. The van der Waals surface area contributed by atoms with Gasteiger partial charge in [0, 0.05) is 12.6 Å². The zero-order valence-corrected chi connectivity index (χ0v) is 9.18. The number of hydrogen-bond acceptors (Lipinski definition) is 2. The number of carbonyl (C=O) groups excluding carboxylic acids is 1. The Hall–Kier alpha value is -0.910. The van der Waals surface area contributed by atoms with E-state index >= 15 is 0 Å². The van der Waals surface area contributed by atoms with Crippen LogP contribution >= 0.6 is 0 Å². The maximum atomic E-state index is 11.7. The van der Waals surface area contributed by atoms with Crippen LogP contribution in [-0.4, -0.2) is 38.3 Å². The van der Waals surface area contributed by atoms with E-state index in [-0.39, 0.29) is 25.2 Å². The summed E-state index contributed by atoms with van der Waals surface area (Å²) in [6.45, 7) is -0.209. The lowest BCUT2D eigenvalue weighted by Gasteiger charge is -2.12. The van der Waals surface area contributed by atoms with E-state index in [0.717, 1.165) is 25.7 Å². The van der Waals surface area contributed by atoms with Gasteiger partial charge in [0.05, 0.1) is 6.61 Å². The summed E-state index contributed by atoms with van der Waals surface area (Å²) in [5.41, 5.74) is 0. The molecule has 1 rings (SSSR count). The second kappa shape index (κ2) is 7.38. The number of alkyl halides is 2. The molecule has 16 heavy (non-hydrogen) atoms. The van der Waals surface area contributed by atoms with Crippen LogP contribution in [-0.2, 0) is 4.74 Å². The number of urea groups is 1. The summed E-state index contributed by atoms with van der Waals surface area (Å²) in [6.07, 6.45) is 1.91. The average Bonchev–Trinajstić information content (AvgIpc) is 2.69. The molecule has 0 aromatic rings. The lowest BCUT2D eigenvalue weighted by atomic mass is 10.3.